The lowest BCUT2D eigenvalue weighted by Crippen LogP contribution is -2.32. The van der Waals surface area contributed by atoms with Crippen molar-refractivity contribution >= 4 is 0 Å². The molecule has 2 N–H and O–H groups in total. The fourth-order valence-electron chi connectivity index (χ4n) is 1.31. The largest absolute Gasteiger partial charge is 0.389 e. The van der Waals surface area contributed by atoms with Gasteiger partial charge in [0.15, 0.2) is 0 Å². The van der Waals surface area contributed by atoms with E-state index in [0.29, 0.717) is 6.61 Å². The Morgan fingerprint density at radius 1 is 1.62 bits per heavy atom. The second-order valence-electron chi connectivity index (χ2n) is 2.38. The Morgan fingerprint density at radius 3 is 2.62 bits per heavy atom. The second-order valence-corrected chi connectivity index (χ2v) is 2.38. The van der Waals surface area contributed by atoms with Crippen LogP contribution in [0.2, 0.25) is 0 Å². The summed E-state index contributed by atoms with van der Waals surface area (Å²) in [5.41, 5.74) is 0. The fraction of sp³-hybridized carbons (Fsp3) is 1.00. The zero-order chi connectivity index (χ0) is 5.56. The third-order valence-electron chi connectivity index (χ3n) is 1.86. The molecule has 3 heteroatoms. The second kappa shape index (κ2) is 1.43. The summed E-state index contributed by atoms with van der Waals surface area (Å²) >= 11 is 0. The number of morpholine rings is 1. The number of fused-ring (bicyclic) bond motifs is 2. The first-order valence-electron chi connectivity index (χ1n) is 2.91. The summed E-state index contributed by atoms with van der Waals surface area (Å²) in [6.45, 7) is 1.51. The Kier molecular flexibility index (Phi) is 0.848. The Balaban J connectivity index is 2.16. The van der Waals surface area contributed by atoms with Gasteiger partial charge in [0.1, 0.15) is 0 Å². The van der Waals surface area contributed by atoms with Crippen LogP contribution < -0.4 is 5.32 Å². The Labute approximate surface area is 47.6 Å². The highest BCUT2D eigenvalue weighted by molar-refractivity contribution is 4.96. The van der Waals surface area contributed by atoms with Crippen LogP contribution in [-0.4, -0.2) is 36.5 Å². The molecule has 0 aromatic heterocycles. The predicted molar refractivity (Wildman–Crippen MR) is 27.5 cm³/mol. The van der Waals surface area contributed by atoms with Crippen LogP contribution in [0.1, 0.15) is 0 Å². The van der Waals surface area contributed by atoms with Crippen molar-refractivity contribution < 1.29 is 9.84 Å². The maximum atomic E-state index is 9.14. The van der Waals surface area contributed by atoms with Crippen LogP contribution in [0.3, 0.4) is 0 Å². The van der Waals surface area contributed by atoms with Gasteiger partial charge in [-0.1, -0.05) is 0 Å². The number of hydrogen-bond donors (Lipinski definition) is 2. The summed E-state index contributed by atoms with van der Waals surface area (Å²) in [6.07, 6.45) is -0.157. The summed E-state index contributed by atoms with van der Waals surface area (Å²) in [6, 6.07) is 0.222. The minimum absolute atomic E-state index is 0.0833. The minimum Gasteiger partial charge on any atom is -0.389 e. The molecule has 2 bridgehead atoms. The molecule has 0 spiro atoms. The maximum Gasteiger partial charge on any atom is 0.0989 e. The lowest BCUT2D eigenvalue weighted by molar-refractivity contribution is 0.0519. The number of hydrogen-bond acceptors (Lipinski definition) is 3. The number of aliphatic hydroxyl groups is 1. The molecule has 0 aromatic rings. The number of ether oxygens (including phenoxy) is 1. The normalized spacial score (nSPS) is 52.9. The molecule has 3 nitrogen and oxygen atoms in total. The molecular weight excluding hydrogens is 106 g/mol. The molecule has 46 valence electrons. The van der Waals surface area contributed by atoms with Gasteiger partial charge in [0, 0.05) is 6.54 Å². The van der Waals surface area contributed by atoms with E-state index in [1.54, 1.807) is 0 Å². The molecule has 8 heavy (non-hydrogen) atoms. The quantitative estimate of drug-likeness (QED) is 0.413. The average Bonchev–Trinajstić information content (AvgIpc) is 2.29. The van der Waals surface area contributed by atoms with E-state index in [1.807, 2.05) is 0 Å². The van der Waals surface area contributed by atoms with Gasteiger partial charge < -0.3 is 15.2 Å². The smallest absolute Gasteiger partial charge is 0.0989 e. The van der Waals surface area contributed by atoms with Gasteiger partial charge in [-0.3, -0.25) is 0 Å². The molecule has 3 atom stereocenters. The van der Waals surface area contributed by atoms with Crippen molar-refractivity contribution in [2.24, 2.45) is 0 Å². The lowest BCUT2D eigenvalue weighted by atomic mass is 10.2. The van der Waals surface area contributed by atoms with Gasteiger partial charge in [-0.2, -0.15) is 0 Å². The summed E-state index contributed by atoms with van der Waals surface area (Å²) in [4.78, 5) is 0. The third-order valence-corrected chi connectivity index (χ3v) is 1.86. The first kappa shape index (κ1) is 4.73. The van der Waals surface area contributed by atoms with Gasteiger partial charge in [0.05, 0.1) is 24.9 Å². The Hall–Kier alpha value is -0.120. The molecule has 2 rings (SSSR count). The first-order chi connectivity index (χ1) is 3.88. The fourth-order valence-corrected chi connectivity index (χ4v) is 1.31. The van der Waals surface area contributed by atoms with Crippen LogP contribution in [0.5, 0.6) is 0 Å². The van der Waals surface area contributed by atoms with E-state index in [0.717, 1.165) is 6.54 Å². The topological polar surface area (TPSA) is 41.5 Å². The van der Waals surface area contributed by atoms with E-state index in [9.17, 15) is 0 Å². The van der Waals surface area contributed by atoms with Crippen molar-refractivity contribution in [2.45, 2.75) is 18.2 Å². The van der Waals surface area contributed by atoms with E-state index in [-0.39, 0.29) is 18.2 Å². The van der Waals surface area contributed by atoms with E-state index < -0.39 is 0 Å². The minimum atomic E-state index is -0.241. The van der Waals surface area contributed by atoms with Crippen LogP contribution in [0.25, 0.3) is 0 Å². The van der Waals surface area contributed by atoms with Gasteiger partial charge in [-0.25, -0.2) is 0 Å². The van der Waals surface area contributed by atoms with Crippen LogP contribution in [0, 0.1) is 0 Å². The summed E-state index contributed by atoms with van der Waals surface area (Å²) < 4.78 is 5.15. The molecule has 2 aliphatic rings. The molecule has 0 amide bonds. The number of nitrogens with one attached hydrogen (secondary N) is 1. The third kappa shape index (κ3) is 0.438. The SMILES string of the molecule is OC1C2COC1CN2. The predicted octanol–water partition coefficient (Wildman–Crippen LogP) is -1.28. The van der Waals surface area contributed by atoms with Gasteiger partial charge in [-0.05, 0) is 0 Å². The number of aliphatic hydroxyl groups excluding tert-OH is 1. The summed E-state index contributed by atoms with van der Waals surface area (Å²) in [5, 5.41) is 12.3. The van der Waals surface area contributed by atoms with Crippen molar-refractivity contribution in [1.29, 1.82) is 0 Å². The van der Waals surface area contributed by atoms with Crippen LogP contribution in [0.15, 0.2) is 0 Å². The van der Waals surface area contributed by atoms with Crippen molar-refractivity contribution in [1.82, 2.24) is 5.32 Å². The monoisotopic (exact) mass is 115 g/mol. The average molecular weight is 115 g/mol. The van der Waals surface area contributed by atoms with Crippen molar-refractivity contribution in [2.75, 3.05) is 13.2 Å². The Morgan fingerprint density at radius 2 is 2.50 bits per heavy atom. The van der Waals surface area contributed by atoms with Gasteiger partial charge >= 0.3 is 0 Å². The molecule has 0 aliphatic carbocycles. The zero-order valence-electron chi connectivity index (χ0n) is 4.50. The van der Waals surface area contributed by atoms with Crippen molar-refractivity contribution in [3.05, 3.63) is 0 Å². The molecule has 2 heterocycles. The maximum absolute atomic E-state index is 9.14. The first-order valence-corrected chi connectivity index (χ1v) is 2.91. The summed E-state index contributed by atoms with van der Waals surface area (Å²) in [7, 11) is 0. The van der Waals surface area contributed by atoms with Gasteiger partial charge in [-0.15, -0.1) is 0 Å². The standard InChI is InChI=1S/C5H9NO2/c7-5-3-2-8-4(5)1-6-3/h3-7H,1-2H2. The molecule has 3 unspecified atom stereocenters. The van der Waals surface area contributed by atoms with E-state index >= 15 is 0 Å². The van der Waals surface area contributed by atoms with E-state index in [1.165, 1.54) is 0 Å². The number of rotatable bonds is 0. The van der Waals surface area contributed by atoms with Crippen molar-refractivity contribution in [3.8, 4) is 0 Å². The molecule has 2 aliphatic heterocycles. The van der Waals surface area contributed by atoms with Gasteiger partial charge in [0.25, 0.3) is 0 Å². The zero-order valence-corrected chi connectivity index (χ0v) is 4.50. The van der Waals surface area contributed by atoms with Crippen LogP contribution >= 0.6 is 0 Å². The van der Waals surface area contributed by atoms with Crippen LogP contribution in [0.4, 0.5) is 0 Å². The lowest BCUT2D eigenvalue weighted by Gasteiger charge is -2.08. The molecule has 2 fully saturated rings. The van der Waals surface area contributed by atoms with E-state index in [4.69, 9.17) is 9.84 Å². The highest BCUT2D eigenvalue weighted by Crippen LogP contribution is 2.19. The van der Waals surface area contributed by atoms with Gasteiger partial charge in [0.2, 0.25) is 0 Å². The Bertz CT molecular complexity index is 86.6. The molecule has 0 radical (unpaired) electrons. The van der Waals surface area contributed by atoms with Crippen LogP contribution in [-0.2, 0) is 4.74 Å². The highest BCUT2D eigenvalue weighted by atomic mass is 16.5. The van der Waals surface area contributed by atoms with E-state index in [2.05, 4.69) is 5.32 Å². The van der Waals surface area contributed by atoms with Crippen molar-refractivity contribution in [3.63, 3.8) is 0 Å². The molecule has 2 saturated heterocycles. The summed E-state index contributed by atoms with van der Waals surface area (Å²) in [5.74, 6) is 0. The molecule has 0 saturated carbocycles. The molecular formula is C5H9NO2. The highest BCUT2D eigenvalue weighted by Gasteiger charge is 2.41. The molecule has 0 aromatic carbocycles.